The number of hydrogen-bond donors (Lipinski definition) is 1. The van der Waals surface area contributed by atoms with Gasteiger partial charge in [0.1, 0.15) is 7.14 Å². The first-order valence-electron chi connectivity index (χ1n) is 8.35. The molecule has 3 atom stereocenters. The van der Waals surface area contributed by atoms with Crippen LogP contribution in [0.2, 0.25) is 0 Å². The van der Waals surface area contributed by atoms with E-state index in [0.29, 0.717) is 6.42 Å². The molecule has 0 radical (unpaired) electrons. The minimum Gasteiger partial charge on any atom is -0.387 e. The topological polar surface area (TPSA) is 46.5 Å². The normalized spacial score (nSPS) is 17.0. The highest BCUT2D eigenvalue weighted by atomic mass is 31.2. The summed E-state index contributed by atoms with van der Waals surface area (Å²) in [5.74, 6) is 0. The molecule has 3 nitrogen and oxygen atoms in total. The van der Waals surface area contributed by atoms with Gasteiger partial charge in [-0.3, -0.25) is 0 Å². The predicted octanol–water partition coefficient (Wildman–Crippen LogP) is 3.57. The summed E-state index contributed by atoms with van der Waals surface area (Å²) in [4.78, 5) is 0. The van der Waals surface area contributed by atoms with Crippen LogP contribution in [0.25, 0.3) is 0 Å². The Hall–Kier alpha value is -1.41. The van der Waals surface area contributed by atoms with Crippen molar-refractivity contribution in [2.45, 2.75) is 44.6 Å². The monoisotopic (exact) mass is 346 g/mol. The highest BCUT2D eigenvalue weighted by molar-refractivity contribution is 7.79. The molecule has 2 aromatic carbocycles. The van der Waals surface area contributed by atoms with E-state index in [1.807, 2.05) is 74.5 Å². The highest BCUT2D eigenvalue weighted by Gasteiger charge is 2.48. The molecular formula is C20H27O3P. The van der Waals surface area contributed by atoms with Crippen molar-refractivity contribution in [3.63, 3.8) is 0 Å². The highest BCUT2D eigenvalue weighted by Crippen LogP contribution is 2.54. The molecule has 1 N–H and O–H groups in total. The Labute approximate surface area is 145 Å². The standard InChI is InChI=1S/C20H27O3P/c1-5-19(20(3,21)16(2)23-4)24(22,17-12-8-6-9-13-17)18-14-10-7-11-15-18/h6-16,19,21H,5H2,1-4H3. The van der Waals surface area contributed by atoms with Crippen LogP contribution in [0.4, 0.5) is 0 Å². The van der Waals surface area contributed by atoms with Gasteiger partial charge in [-0.25, -0.2) is 0 Å². The molecule has 0 saturated heterocycles. The van der Waals surface area contributed by atoms with Crippen molar-refractivity contribution in [1.82, 2.24) is 0 Å². The second-order valence-corrected chi connectivity index (χ2v) is 9.33. The van der Waals surface area contributed by atoms with Crippen LogP contribution >= 0.6 is 7.14 Å². The molecule has 0 aliphatic rings. The molecular weight excluding hydrogens is 319 g/mol. The maximum atomic E-state index is 14.4. The lowest BCUT2D eigenvalue weighted by atomic mass is 9.94. The van der Waals surface area contributed by atoms with Crippen LogP contribution in [0.3, 0.4) is 0 Å². The third-order valence-corrected chi connectivity index (χ3v) is 8.85. The van der Waals surface area contributed by atoms with Crippen molar-refractivity contribution in [2.75, 3.05) is 7.11 Å². The van der Waals surface area contributed by atoms with Crippen molar-refractivity contribution in [3.05, 3.63) is 60.7 Å². The van der Waals surface area contributed by atoms with Crippen molar-refractivity contribution in [3.8, 4) is 0 Å². The molecule has 24 heavy (non-hydrogen) atoms. The first kappa shape index (κ1) is 18.9. The Bertz CT molecular complexity index is 639. The molecule has 2 rings (SSSR count). The van der Waals surface area contributed by atoms with E-state index in [-0.39, 0.29) is 0 Å². The number of methoxy groups -OCH3 is 1. The average molecular weight is 346 g/mol. The lowest BCUT2D eigenvalue weighted by molar-refractivity contribution is -0.0746. The smallest absolute Gasteiger partial charge is 0.149 e. The molecule has 3 unspecified atom stereocenters. The van der Waals surface area contributed by atoms with E-state index < -0.39 is 24.5 Å². The van der Waals surface area contributed by atoms with Crippen molar-refractivity contribution in [2.24, 2.45) is 0 Å². The molecule has 0 aliphatic heterocycles. The van der Waals surface area contributed by atoms with Gasteiger partial charge >= 0.3 is 0 Å². The number of benzene rings is 2. The van der Waals surface area contributed by atoms with E-state index in [9.17, 15) is 9.67 Å². The van der Waals surface area contributed by atoms with Gasteiger partial charge in [-0.05, 0) is 20.3 Å². The van der Waals surface area contributed by atoms with Gasteiger partial charge in [0, 0.05) is 17.7 Å². The first-order chi connectivity index (χ1) is 11.4. The lowest BCUT2D eigenvalue weighted by Gasteiger charge is -2.41. The summed E-state index contributed by atoms with van der Waals surface area (Å²) in [6, 6.07) is 19.0. The fourth-order valence-electron chi connectivity index (χ4n) is 3.36. The van der Waals surface area contributed by atoms with Crippen LogP contribution in [0.15, 0.2) is 60.7 Å². The summed E-state index contributed by atoms with van der Waals surface area (Å²) < 4.78 is 19.8. The quantitative estimate of drug-likeness (QED) is 0.780. The molecule has 0 spiro atoms. The predicted molar refractivity (Wildman–Crippen MR) is 101 cm³/mol. The molecule has 0 amide bonds. The molecule has 130 valence electrons. The lowest BCUT2D eigenvalue weighted by Crippen LogP contribution is -2.51. The summed E-state index contributed by atoms with van der Waals surface area (Å²) in [7, 11) is -1.48. The summed E-state index contributed by atoms with van der Waals surface area (Å²) in [6.07, 6.45) is 0.157. The Morgan fingerprint density at radius 3 is 1.79 bits per heavy atom. The minimum absolute atomic E-state index is 0.428. The van der Waals surface area contributed by atoms with Crippen LogP contribution in [0.1, 0.15) is 27.2 Å². The second kappa shape index (κ2) is 7.65. The molecule has 2 aromatic rings. The van der Waals surface area contributed by atoms with Gasteiger partial charge in [-0.15, -0.1) is 0 Å². The maximum Gasteiger partial charge on any atom is 0.149 e. The molecule has 0 fully saturated rings. The second-order valence-electron chi connectivity index (χ2n) is 6.36. The summed E-state index contributed by atoms with van der Waals surface area (Å²) in [5, 5.41) is 12.7. The Morgan fingerprint density at radius 2 is 1.46 bits per heavy atom. The number of ether oxygens (including phenoxy) is 1. The van der Waals surface area contributed by atoms with E-state index in [4.69, 9.17) is 4.74 Å². The molecule has 0 aliphatic carbocycles. The van der Waals surface area contributed by atoms with Crippen LogP contribution in [-0.2, 0) is 9.30 Å². The van der Waals surface area contributed by atoms with Gasteiger partial charge in [-0.1, -0.05) is 67.6 Å². The summed E-state index contributed by atoms with van der Waals surface area (Å²) >= 11 is 0. The van der Waals surface area contributed by atoms with E-state index >= 15 is 0 Å². The Balaban J connectivity index is 2.69. The minimum atomic E-state index is -3.05. The Morgan fingerprint density at radius 1 is 1.04 bits per heavy atom. The molecule has 0 saturated carbocycles. The van der Waals surface area contributed by atoms with Crippen LogP contribution in [-0.4, -0.2) is 29.6 Å². The summed E-state index contributed by atoms with van der Waals surface area (Å²) in [5.41, 5.74) is -1.66. The van der Waals surface area contributed by atoms with Gasteiger partial charge in [0.2, 0.25) is 0 Å². The van der Waals surface area contributed by atoms with Crippen LogP contribution in [0, 0.1) is 0 Å². The SMILES string of the molecule is CCC(C(C)(O)C(C)OC)P(=O)(c1ccccc1)c1ccccc1. The molecule has 0 aromatic heterocycles. The van der Waals surface area contributed by atoms with E-state index in [1.165, 1.54) is 0 Å². The third kappa shape index (κ3) is 3.35. The van der Waals surface area contributed by atoms with Gasteiger partial charge in [0.25, 0.3) is 0 Å². The average Bonchev–Trinajstić information content (AvgIpc) is 2.62. The van der Waals surface area contributed by atoms with Crippen molar-refractivity contribution >= 4 is 17.8 Å². The van der Waals surface area contributed by atoms with Gasteiger partial charge < -0.3 is 14.4 Å². The van der Waals surface area contributed by atoms with Crippen LogP contribution < -0.4 is 10.6 Å². The maximum absolute atomic E-state index is 14.4. The molecule has 0 heterocycles. The molecule has 0 bridgehead atoms. The summed E-state index contributed by atoms with van der Waals surface area (Å²) in [6.45, 7) is 5.52. The van der Waals surface area contributed by atoms with Crippen molar-refractivity contribution in [1.29, 1.82) is 0 Å². The largest absolute Gasteiger partial charge is 0.387 e. The Kier molecular flexibility index (Phi) is 6.03. The fraction of sp³-hybridized carbons (Fsp3) is 0.400. The van der Waals surface area contributed by atoms with E-state index in [1.54, 1.807) is 14.0 Å². The zero-order valence-electron chi connectivity index (χ0n) is 14.8. The zero-order chi connectivity index (χ0) is 17.8. The van der Waals surface area contributed by atoms with Crippen LogP contribution in [0.5, 0.6) is 0 Å². The number of aliphatic hydroxyl groups is 1. The van der Waals surface area contributed by atoms with Gasteiger partial charge in [0.05, 0.1) is 17.4 Å². The number of rotatable bonds is 7. The van der Waals surface area contributed by atoms with Crippen molar-refractivity contribution < 1.29 is 14.4 Å². The molecule has 4 heteroatoms. The third-order valence-electron chi connectivity index (χ3n) is 4.96. The van der Waals surface area contributed by atoms with Gasteiger partial charge in [-0.2, -0.15) is 0 Å². The van der Waals surface area contributed by atoms with E-state index in [2.05, 4.69) is 0 Å². The van der Waals surface area contributed by atoms with E-state index in [0.717, 1.165) is 10.6 Å². The first-order valence-corrected chi connectivity index (χ1v) is 10.1. The van der Waals surface area contributed by atoms with Gasteiger partial charge in [0.15, 0.2) is 0 Å². The number of hydrogen-bond acceptors (Lipinski definition) is 3. The zero-order valence-corrected chi connectivity index (χ0v) is 15.7. The fourth-order valence-corrected chi connectivity index (χ4v) is 7.06.